The third-order valence-electron chi connectivity index (χ3n) is 3.17. The summed E-state index contributed by atoms with van der Waals surface area (Å²) in [5, 5.41) is 14.4. The molecule has 6 nitrogen and oxygen atoms in total. The SMILES string of the molecule is CN(C)c1cc(NC(=O)c2ccc(Cl)c(Cl)c2)c(Cl)cc1[N+](=O)[O-]. The number of rotatable bonds is 4. The van der Waals surface area contributed by atoms with E-state index in [0.717, 1.165) is 0 Å². The zero-order valence-electron chi connectivity index (χ0n) is 12.6. The minimum Gasteiger partial charge on any atom is -0.372 e. The Bertz CT molecular complexity index is 825. The van der Waals surface area contributed by atoms with E-state index in [-0.39, 0.29) is 27.0 Å². The summed E-state index contributed by atoms with van der Waals surface area (Å²) in [4.78, 5) is 24.4. The van der Waals surface area contributed by atoms with Crippen molar-refractivity contribution in [2.24, 2.45) is 0 Å². The first-order chi connectivity index (χ1) is 11.2. The molecule has 0 aromatic heterocycles. The van der Waals surface area contributed by atoms with Crippen LogP contribution in [0.1, 0.15) is 10.4 Å². The number of halogens is 3. The van der Waals surface area contributed by atoms with Crippen molar-refractivity contribution in [1.29, 1.82) is 0 Å². The smallest absolute Gasteiger partial charge is 0.294 e. The van der Waals surface area contributed by atoms with Gasteiger partial charge in [-0.15, -0.1) is 0 Å². The molecule has 0 fully saturated rings. The van der Waals surface area contributed by atoms with Gasteiger partial charge in [-0.2, -0.15) is 0 Å². The molecule has 0 radical (unpaired) electrons. The normalized spacial score (nSPS) is 10.4. The number of nitrogens with zero attached hydrogens (tertiary/aromatic N) is 2. The van der Waals surface area contributed by atoms with Crippen molar-refractivity contribution in [1.82, 2.24) is 0 Å². The molecule has 0 saturated heterocycles. The second kappa shape index (κ2) is 7.25. The molecule has 0 atom stereocenters. The molecule has 24 heavy (non-hydrogen) atoms. The number of anilines is 2. The lowest BCUT2D eigenvalue weighted by Crippen LogP contribution is -2.15. The molecular weight excluding hydrogens is 377 g/mol. The van der Waals surface area contributed by atoms with E-state index in [4.69, 9.17) is 34.8 Å². The number of amides is 1. The van der Waals surface area contributed by atoms with E-state index >= 15 is 0 Å². The number of hydrogen-bond acceptors (Lipinski definition) is 4. The van der Waals surface area contributed by atoms with Gasteiger partial charge in [0.05, 0.1) is 25.7 Å². The molecule has 2 aromatic rings. The van der Waals surface area contributed by atoms with Crippen LogP contribution in [0.3, 0.4) is 0 Å². The molecule has 2 rings (SSSR count). The van der Waals surface area contributed by atoms with Gasteiger partial charge in [0.2, 0.25) is 0 Å². The Morgan fingerprint density at radius 2 is 1.75 bits per heavy atom. The Morgan fingerprint density at radius 3 is 2.29 bits per heavy atom. The minimum absolute atomic E-state index is 0.0562. The number of nitrogens with one attached hydrogen (secondary N) is 1. The van der Waals surface area contributed by atoms with Crippen molar-refractivity contribution >= 4 is 57.8 Å². The van der Waals surface area contributed by atoms with Gasteiger partial charge in [0, 0.05) is 25.7 Å². The molecule has 0 saturated carbocycles. The van der Waals surface area contributed by atoms with Crippen LogP contribution < -0.4 is 10.2 Å². The van der Waals surface area contributed by atoms with Gasteiger partial charge in [-0.3, -0.25) is 14.9 Å². The summed E-state index contributed by atoms with van der Waals surface area (Å²) in [6.07, 6.45) is 0. The molecule has 0 aliphatic heterocycles. The highest BCUT2D eigenvalue weighted by Crippen LogP contribution is 2.36. The third kappa shape index (κ3) is 3.90. The minimum atomic E-state index is -0.536. The standard InChI is InChI=1S/C15H12Cl3N3O3/c1-20(2)13-7-12(11(18)6-14(13)21(23)24)19-15(22)8-3-4-9(16)10(17)5-8/h3-7H,1-2H3,(H,19,22). The van der Waals surface area contributed by atoms with E-state index in [2.05, 4.69) is 5.32 Å². The van der Waals surface area contributed by atoms with Crippen LogP contribution >= 0.6 is 34.8 Å². The van der Waals surface area contributed by atoms with Crippen molar-refractivity contribution < 1.29 is 9.72 Å². The van der Waals surface area contributed by atoms with Crippen LogP contribution in [0.4, 0.5) is 17.1 Å². The summed E-state index contributed by atoms with van der Waals surface area (Å²) < 4.78 is 0. The van der Waals surface area contributed by atoms with Crippen LogP contribution in [0, 0.1) is 10.1 Å². The molecule has 2 aromatic carbocycles. The molecule has 0 spiro atoms. The summed E-state index contributed by atoms with van der Waals surface area (Å²) in [6.45, 7) is 0. The molecule has 9 heteroatoms. The molecule has 0 aliphatic rings. The fourth-order valence-corrected chi connectivity index (χ4v) is 2.49. The number of carbonyl (C=O) groups excluding carboxylic acids is 1. The second-order valence-corrected chi connectivity index (χ2v) is 6.28. The lowest BCUT2D eigenvalue weighted by Gasteiger charge is -2.16. The van der Waals surface area contributed by atoms with Crippen molar-refractivity contribution in [3.8, 4) is 0 Å². The molecule has 126 valence electrons. The Labute approximate surface area is 153 Å². The molecule has 1 N–H and O–H groups in total. The van der Waals surface area contributed by atoms with Crippen molar-refractivity contribution in [3.05, 3.63) is 61.1 Å². The lowest BCUT2D eigenvalue weighted by molar-refractivity contribution is -0.384. The predicted octanol–water partition coefficient (Wildman–Crippen LogP) is 4.87. The topological polar surface area (TPSA) is 75.5 Å². The first kappa shape index (κ1) is 18.3. The zero-order chi connectivity index (χ0) is 18.0. The van der Waals surface area contributed by atoms with E-state index < -0.39 is 10.8 Å². The van der Waals surface area contributed by atoms with E-state index in [9.17, 15) is 14.9 Å². The van der Waals surface area contributed by atoms with E-state index in [1.54, 1.807) is 19.0 Å². The Hall–Kier alpha value is -2.02. The predicted molar refractivity (Wildman–Crippen MR) is 96.8 cm³/mol. The zero-order valence-corrected chi connectivity index (χ0v) is 14.9. The van der Waals surface area contributed by atoms with Crippen LogP contribution in [0.25, 0.3) is 0 Å². The number of hydrogen-bond donors (Lipinski definition) is 1. The number of carbonyl (C=O) groups is 1. The molecule has 1 amide bonds. The summed E-state index contributed by atoms with van der Waals surface area (Å²) >= 11 is 17.8. The molecule has 0 bridgehead atoms. The maximum Gasteiger partial charge on any atom is 0.294 e. The van der Waals surface area contributed by atoms with Crippen molar-refractivity contribution in [3.63, 3.8) is 0 Å². The lowest BCUT2D eigenvalue weighted by atomic mass is 10.2. The molecule has 0 unspecified atom stereocenters. The monoisotopic (exact) mass is 387 g/mol. The Morgan fingerprint density at radius 1 is 1.08 bits per heavy atom. The molecule has 0 aliphatic carbocycles. The summed E-state index contributed by atoms with van der Waals surface area (Å²) in [5.74, 6) is -0.464. The Balaban J connectivity index is 2.38. The maximum atomic E-state index is 12.3. The summed E-state index contributed by atoms with van der Waals surface area (Å²) in [5.41, 5.74) is 0.693. The summed E-state index contributed by atoms with van der Waals surface area (Å²) in [6, 6.07) is 7.07. The average Bonchev–Trinajstić information content (AvgIpc) is 2.51. The van der Waals surface area contributed by atoms with Crippen molar-refractivity contribution in [2.75, 3.05) is 24.3 Å². The summed E-state index contributed by atoms with van der Waals surface area (Å²) in [7, 11) is 3.31. The van der Waals surface area contributed by atoms with Gasteiger partial charge in [0.15, 0.2) is 0 Å². The van der Waals surface area contributed by atoms with Crippen LogP contribution in [0.5, 0.6) is 0 Å². The number of nitro groups is 1. The van der Waals surface area contributed by atoms with Crippen LogP contribution in [-0.4, -0.2) is 24.9 Å². The Kier molecular flexibility index (Phi) is 5.54. The maximum absolute atomic E-state index is 12.3. The number of benzene rings is 2. The van der Waals surface area contributed by atoms with Gasteiger partial charge in [-0.05, 0) is 24.3 Å². The third-order valence-corrected chi connectivity index (χ3v) is 4.22. The van der Waals surface area contributed by atoms with Gasteiger partial charge in [0.25, 0.3) is 11.6 Å². The van der Waals surface area contributed by atoms with Crippen LogP contribution in [0.2, 0.25) is 15.1 Å². The van der Waals surface area contributed by atoms with Gasteiger partial charge in [-0.25, -0.2) is 0 Å². The largest absolute Gasteiger partial charge is 0.372 e. The second-order valence-electron chi connectivity index (χ2n) is 5.06. The molecular formula is C15H12Cl3N3O3. The van der Waals surface area contributed by atoms with Gasteiger partial charge in [0.1, 0.15) is 5.69 Å². The van der Waals surface area contributed by atoms with Crippen molar-refractivity contribution in [2.45, 2.75) is 0 Å². The highest BCUT2D eigenvalue weighted by Gasteiger charge is 2.20. The van der Waals surface area contributed by atoms with E-state index in [1.807, 2.05) is 0 Å². The first-order valence-corrected chi connectivity index (χ1v) is 7.75. The average molecular weight is 389 g/mol. The van der Waals surface area contributed by atoms with Gasteiger partial charge >= 0.3 is 0 Å². The van der Waals surface area contributed by atoms with E-state index in [0.29, 0.717) is 10.7 Å². The first-order valence-electron chi connectivity index (χ1n) is 6.62. The quantitative estimate of drug-likeness (QED) is 0.598. The highest BCUT2D eigenvalue weighted by atomic mass is 35.5. The highest BCUT2D eigenvalue weighted by molar-refractivity contribution is 6.42. The molecule has 0 heterocycles. The fourth-order valence-electron chi connectivity index (χ4n) is 1.98. The van der Waals surface area contributed by atoms with Gasteiger partial charge < -0.3 is 10.2 Å². The van der Waals surface area contributed by atoms with Crippen LogP contribution in [-0.2, 0) is 0 Å². The number of nitro benzene ring substituents is 1. The fraction of sp³-hybridized carbons (Fsp3) is 0.133. The van der Waals surface area contributed by atoms with Crippen LogP contribution in [0.15, 0.2) is 30.3 Å². The van der Waals surface area contributed by atoms with Gasteiger partial charge in [-0.1, -0.05) is 34.8 Å². The van der Waals surface area contributed by atoms with E-state index in [1.165, 1.54) is 30.3 Å².